The van der Waals surface area contributed by atoms with Crippen LogP contribution in [0.5, 0.6) is 5.75 Å². The summed E-state index contributed by atoms with van der Waals surface area (Å²) in [5.74, 6) is 0.145. The van der Waals surface area contributed by atoms with Crippen molar-refractivity contribution in [3.63, 3.8) is 0 Å². The van der Waals surface area contributed by atoms with E-state index < -0.39 is 10.0 Å². The van der Waals surface area contributed by atoms with E-state index in [4.69, 9.17) is 4.74 Å². The molecule has 2 atom stereocenters. The summed E-state index contributed by atoms with van der Waals surface area (Å²) >= 11 is 0. The van der Waals surface area contributed by atoms with Crippen molar-refractivity contribution in [3.8, 4) is 5.75 Å². The molecule has 0 bridgehead atoms. The second-order valence-electron chi connectivity index (χ2n) is 4.53. The van der Waals surface area contributed by atoms with Gasteiger partial charge in [-0.2, -0.15) is 0 Å². The number of nitrogens with one attached hydrogen (secondary N) is 1. The van der Waals surface area contributed by atoms with Crippen LogP contribution in [0.25, 0.3) is 0 Å². The summed E-state index contributed by atoms with van der Waals surface area (Å²) in [7, 11) is -3.59. The lowest BCUT2D eigenvalue weighted by Crippen LogP contribution is -2.38. The zero-order valence-electron chi connectivity index (χ0n) is 10.2. The molecule has 1 aliphatic rings. The Labute approximate surface area is 107 Å². The average Bonchev–Trinajstić information content (AvgIpc) is 2.82. The summed E-state index contributed by atoms with van der Waals surface area (Å²) in [6.07, 6.45) is 0.865. The van der Waals surface area contributed by atoms with E-state index in [0.29, 0.717) is 13.2 Å². The third-order valence-electron chi connectivity index (χ3n) is 3.14. The zero-order valence-corrected chi connectivity index (χ0v) is 11.0. The second-order valence-corrected chi connectivity index (χ2v) is 6.24. The van der Waals surface area contributed by atoms with Gasteiger partial charge >= 0.3 is 0 Å². The highest BCUT2D eigenvalue weighted by molar-refractivity contribution is 7.89. The molecule has 0 aliphatic carbocycles. The van der Waals surface area contributed by atoms with Gasteiger partial charge in [0.2, 0.25) is 10.0 Å². The van der Waals surface area contributed by atoms with Crippen LogP contribution in [0.4, 0.5) is 0 Å². The van der Waals surface area contributed by atoms with E-state index in [1.54, 1.807) is 0 Å². The van der Waals surface area contributed by atoms with Crippen molar-refractivity contribution in [2.45, 2.75) is 24.3 Å². The Balaban J connectivity index is 2.11. The lowest BCUT2D eigenvalue weighted by molar-refractivity contribution is 0.180. The van der Waals surface area contributed by atoms with Gasteiger partial charge in [0.15, 0.2) is 0 Å². The predicted molar refractivity (Wildman–Crippen MR) is 66.8 cm³/mol. The fourth-order valence-corrected chi connectivity index (χ4v) is 3.36. The first-order valence-electron chi connectivity index (χ1n) is 5.88. The molecular weight excluding hydrogens is 254 g/mol. The molecule has 2 rings (SSSR count). The molecule has 0 spiro atoms. The maximum absolute atomic E-state index is 12.1. The molecule has 100 valence electrons. The first kappa shape index (κ1) is 13.3. The number of hydrogen-bond acceptors (Lipinski definition) is 4. The molecule has 5 nitrogen and oxygen atoms in total. The normalized spacial score (nSPS) is 21.9. The third-order valence-corrected chi connectivity index (χ3v) is 4.70. The van der Waals surface area contributed by atoms with Gasteiger partial charge in [-0.15, -0.1) is 0 Å². The lowest BCUT2D eigenvalue weighted by Gasteiger charge is -2.19. The van der Waals surface area contributed by atoms with E-state index in [2.05, 4.69) is 4.72 Å². The van der Waals surface area contributed by atoms with Crippen LogP contribution in [0.2, 0.25) is 0 Å². The highest BCUT2D eigenvalue weighted by Gasteiger charge is 2.26. The van der Waals surface area contributed by atoms with Gasteiger partial charge in [0, 0.05) is 18.6 Å². The van der Waals surface area contributed by atoms with Crippen LogP contribution in [0.3, 0.4) is 0 Å². The van der Waals surface area contributed by atoms with Crippen LogP contribution in [0, 0.1) is 5.92 Å². The molecule has 1 heterocycles. The molecule has 0 aromatic heterocycles. The van der Waals surface area contributed by atoms with Crippen molar-refractivity contribution in [3.05, 3.63) is 24.3 Å². The van der Waals surface area contributed by atoms with Crippen LogP contribution >= 0.6 is 0 Å². The van der Waals surface area contributed by atoms with Crippen molar-refractivity contribution in [2.24, 2.45) is 5.92 Å². The second kappa shape index (κ2) is 5.26. The Morgan fingerprint density at radius 1 is 1.50 bits per heavy atom. The molecule has 0 radical (unpaired) electrons. The molecule has 1 aliphatic heterocycles. The molecule has 6 heteroatoms. The predicted octanol–water partition coefficient (Wildman–Crippen LogP) is 1.10. The SMILES string of the molecule is CC(NS(=O)(=O)c1cccc(O)c1)C1CCOC1. The summed E-state index contributed by atoms with van der Waals surface area (Å²) in [6.45, 7) is 3.10. The minimum Gasteiger partial charge on any atom is -0.508 e. The highest BCUT2D eigenvalue weighted by Crippen LogP contribution is 2.20. The highest BCUT2D eigenvalue weighted by atomic mass is 32.2. The zero-order chi connectivity index (χ0) is 13.2. The van der Waals surface area contributed by atoms with Gasteiger partial charge in [-0.05, 0) is 31.5 Å². The van der Waals surface area contributed by atoms with Crippen molar-refractivity contribution < 1.29 is 18.3 Å². The van der Waals surface area contributed by atoms with Crippen molar-refractivity contribution in [2.75, 3.05) is 13.2 Å². The fourth-order valence-electron chi connectivity index (χ4n) is 2.01. The third kappa shape index (κ3) is 3.01. The van der Waals surface area contributed by atoms with E-state index in [-0.39, 0.29) is 22.6 Å². The lowest BCUT2D eigenvalue weighted by atomic mass is 10.0. The number of ether oxygens (including phenoxy) is 1. The largest absolute Gasteiger partial charge is 0.508 e. The maximum atomic E-state index is 12.1. The number of phenols is 1. The Bertz CT molecular complexity index is 509. The molecule has 1 aromatic carbocycles. The number of benzene rings is 1. The molecule has 1 fully saturated rings. The Kier molecular flexibility index (Phi) is 3.89. The summed E-state index contributed by atoms with van der Waals surface area (Å²) in [4.78, 5) is 0.0771. The number of phenolic OH excluding ortho intramolecular Hbond substituents is 1. The number of hydrogen-bond donors (Lipinski definition) is 2. The molecule has 0 saturated carbocycles. The quantitative estimate of drug-likeness (QED) is 0.859. The van der Waals surface area contributed by atoms with E-state index in [1.165, 1.54) is 24.3 Å². The van der Waals surface area contributed by atoms with Gasteiger partial charge < -0.3 is 9.84 Å². The van der Waals surface area contributed by atoms with E-state index in [9.17, 15) is 13.5 Å². The van der Waals surface area contributed by atoms with Gasteiger partial charge in [0.1, 0.15) is 5.75 Å². The molecule has 1 aromatic rings. The van der Waals surface area contributed by atoms with E-state index in [0.717, 1.165) is 6.42 Å². The van der Waals surface area contributed by atoms with Crippen LogP contribution < -0.4 is 4.72 Å². The summed E-state index contributed by atoms with van der Waals surface area (Å²) in [5, 5.41) is 9.31. The van der Waals surface area contributed by atoms with Gasteiger partial charge in [0.25, 0.3) is 0 Å². The topological polar surface area (TPSA) is 75.6 Å². The summed E-state index contributed by atoms with van der Waals surface area (Å²) < 4.78 is 32.0. The van der Waals surface area contributed by atoms with Crippen molar-refractivity contribution in [1.29, 1.82) is 0 Å². The number of rotatable bonds is 4. The minimum absolute atomic E-state index is 0.0604. The van der Waals surface area contributed by atoms with Crippen LogP contribution in [0.15, 0.2) is 29.2 Å². The van der Waals surface area contributed by atoms with E-state index in [1.807, 2.05) is 6.92 Å². The molecule has 2 N–H and O–H groups in total. The molecule has 2 unspecified atom stereocenters. The van der Waals surface area contributed by atoms with Gasteiger partial charge in [0.05, 0.1) is 11.5 Å². The fraction of sp³-hybridized carbons (Fsp3) is 0.500. The van der Waals surface area contributed by atoms with Crippen LogP contribution in [-0.4, -0.2) is 32.8 Å². The standard InChI is InChI=1S/C12H17NO4S/c1-9(10-5-6-17-8-10)13-18(15,16)12-4-2-3-11(14)7-12/h2-4,7,9-10,13-14H,5-6,8H2,1H3. The molecule has 0 amide bonds. The summed E-state index contributed by atoms with van der Waals surface area (Å²) in [6, 6.07) is 5.46. The van der Waals surface area contributed by atoms with Gasteiger partial charge in [-0.3, -0.25) is 0 Å². The monoisotopic (exact) mass is 271 g/mol. The van der Waals surface area contributed by atoms with Crippen LogP contribution in [0.1, 0.15) is 13.3 Å². The van der Waals surface area contributed by atoms with Crippen molar-refractivity contribution in [1.82, 2.24) is 4.72 Å². The van der Waals surface area contributed by atoms with E-state index >= 15 is 0 Å². The Morgan fingerprint density at radius 2 is 2.28 bits per heavy atom. The van der Waals surface area contributed by atoms with Gasteiger partial charge in [-0.25, -0.2) is 13.1 Å². The number of aromatic hydroxyl groups is 1. The Morgan fingerprint density at radius 3 is 2.89 bits per heavy atom. The first-order valence-corrected chi connectivity index (χ1v) is 7.36. The average molecular weight is 271 g/mol. The smallest absolute Gasteiger partial charge is 0.240 e. The Hall–Kier alpha value is -1.11. The number of sulfonamides is 1. The maximum Gasteiger partial charge on any atom is 0.240 e. The molecule has 18 heavy (non-hydrogen) atoms. The molecule has 1 saturated heterocycles. The van der Waals surface area contributed by atoms with Gasteiger partial charge in [-0.1, -0.05) is 6.07 Å². The van der Waals surface area contributed by atoms with Crippen molar-refractivity contribution >= 4 is 10.0 Å². The summed E-state index contributed by atoms with van der Waals surface area (Å²) in [5.41, 5.74) is 0. The minimum atomic E-state index is -3.59. The first-order chi connectivity index (χ1) is 8.49. The van der Waals surface area contributed by atoms with Crippen LogP contribution in [-0.2, 0) is 14.8 Å². The molecular formula is C12H17NO4S.